The second-order valence-corrected chi connectivity index (χ2v) is 17.3. The van der Waals surface area contributed by atoms with Crippen molar-refractivity contribution in [3.63, 3.8) is 0 Å². The number of unbranched alkanes of at least 4 members (excludes halogenated alkanes) is 5. The summed E-state index contributed by atoms with van der Waals surface area (Å²) in [7, 11) is -1.64. The molecular weight excluding hydrogens is 458 g/mol. The number of aryl methyl sites for hydroxylation is 1. The van der Waals surface area contributed by atoms with Crippen LogP contribution >= 0.6 is 0 Å². The van der Waals surface area contributed by atoms with Gasteiger partial charge >= 0.3 is 0 Å². The van der Waals surface area contributed by atoms with Crippen LogP contribution in [0.4, 0.5) is 8.78 Å². The first-order valence-electron chi connectivity index (χ1n) is 12.5. The topological polar surface area (TPSA) is 25.8 Å². The number of hydrogen-bond donors (Lipinski definition) is 0. The van der Waals surface area contributed by atoms with Gasteiger partial charge in [0.05, 0.1) is 5.56 Å². The van der Waals surface area contributed by atoms with E-state index in [1.807, 2.05) is 0 Å². The summed E-state index contributed by atoms with van der Waals surface area (Å²) in [4.78, 5) is 8.43. The van der Waals surface area contributed by atoms with Gasteiger partial charge in [-0.05, 0) is 36.5 Å². The number of allylic oxidation sites excluding steroid dienone is 1. The number of rotatable bonds is 10. The molecule has 186 valence electrons. The first-order chi connectivity index (χ1) is 16.1. The predicted molar refractivity (Wildman–Crippen MR) is 148 cm³/mol. The Balaban J connectivity index is 0.000000546. The summed E-state index contributed by atoms with van der Waals surface area (Å²) in [5.41, 5.74) is 8.12. The number of benzene rings is 1. The third-order valence-corrected chi connectivity index (χ3v) is 6.93. The fourth-order valence-electron chi connectivity index (χ4n) is 3.17. The minimum Gasteiger partial charge on any atom is -0.236 e. The smallest absolute Gasteiger partial charge is 0.170 e. The van der Waals surface area contributed by atoms with Crippen molar-refractivity contribution in [2.45, 2.75) is 91.0 Å². The minimum absolute atomic E-state index is 0.0939. The minimum atomic E-state index is -1.05. The van der Waals surface area contributed by atoms with E-state index in [1.165, 1.54) is 38.2 Å². The molecule has 34 heavy (non-hydrogen) atoms. The van der Waals surface area contributed by atoms with Gasteiger partial charge in [-0.25, -0.2) is 18.7 Å². The Morgan fingerprint density at radius 2 is 1.59 bits per heavy atom. The number of hydrogen-bond acceptors (Lipinski definition) is 2. The number of aromatic nitrogens is 2. The van der Waals surface area contributed by atoms with E-state index in [0.29, 0.717) is 6.42 Å². The predicted octanol–water partition coefficient (Wildman–Crippen LogP) is 7.95. The zero-order valence-electron chi connectivity index (χ0n) is 22.0. The Morgan fingerprint density at radius 3 is 2.12 bits per heavy atom. The summed E-state index contributed by atoms with van der Waals surface area (Å²) < 4.78 is 28.3. The fourth-order valence-corrected chi connectivity index (χ4v) is 6.06. The summed E-state index contributed by atoms with van der Waals surface area (Å²) in [5, 5.41) is 0. The van der Waals surface area contributed by atoms with E-state index in [1.54, 1.807) is 24.5 Å². The molecule has 0 amide bonds. The molecule has 1 heterocycles. The lowest BCUT2D eigenvalue weighted by Crippen LogP contribution is -2.17. The summed E-state index contributed by atoms with van der Waals surface area (Å²) in [6.45, 7) is 17.2. The zero-order valence-corrected chi connectivity index (χ0v) is 24.1. The van der Waals surface area contributed by atoms with Crippen molar-refractivity contribution in [2.24, 2.45) is 0 Å². The van der Waals surface area contributed by atoms with Crippen LogP contribution in [0.1, 0.15) is 56.6 Å². The van der Waals surface area contributed by atoms with Crippen LogP contribution in [-0.2, 0) is 12.8 Å². The molecule has 0 atom stereocenters. The van der Waals surface area contributed by atoms with Gasteiger partial charge < -0.3 is 0 Å². The quantitative estimate of drug-likeness (QED) is 0.143. The summed E-state index contributed by atoms with van der Waals surface area (Å²) in [6.07, 6.45) is 13.6. The van der Waals surface area contributed by atoms with Crippen LogP contribution in [0.3, 0.4) is 0 Å². The highest BCUT2D eigenvalue weighted by Gasteiger charge is 2.15. The van der Waals surface area contributed by atoms with Crippen molar-refractivity contribution in [3.8, 4) is 22.5 Å². The molecule has 2 rings (SSSR count). The highest BCUT2D eigenvalue weighted by Crippen LogP contribution is 2.24. The Bertz CT molecular complexity index is 940. The van der Waals surface area contributed by atoms with Gasteiger partial charge in [0.1, 0.15) is 16.9 Å². The summed E-state index contributed by atoms with van der Waals surface area (Å²) in [6, 6.07) is 3.09. The third-order valence-electron chi connectivity index (χ3n) is 5.03. The van der Waals surface area contributed by atoms with Crippen LogP contribution in [-0.4, -0.2) is 26.8 Å². The average Bonchev–Trinajstić information content (AvgIpc) is 2.79. The molecule has 0 aliphatic heterocycles. The van der Waals surface area contributed by atoms with E-state index >= 15 is 0 Å². The maximum Gasteiger partial charge on any atom is 0.170 e. The van der Waals surface area contributed by atoms with Crippen molar-refractivity contribution < 1.29 is 8.78 Å². The van der Waals surface area contributed by atoms with Gasteiger partial charge in [0.2, 0.25) is 0 Å². The van der Waals surface area contributed by atoms with Gasteiger partial charge in [-0.1, -0.05) is 83.9 Å². The van der Waals surface area contributed by atoms with Gasteiger partial charge in [0.25, 0.3) is 0 Å². The van der Waals surface area contributed by atoms with Crippen LogP contribution in [0, 0.1) is 22.7 Å². The SMILES string of the molecule is C=CCc1ccc(-c2ncc(CCCCCCCC)cn2)c(F)c1F.C[SiH](C)C#C[Si](C)(C)C. The molecule has 0 radical (unpaired) electrons. The van der Waals surface area contributed by atoms with Crippen molar-refractivity contribution in [1.82, 2.24) is 9.97 Å². The van der Waals surface area contributed by atoms with Crippen LogP contribution in [0.15, 0.2) is 37.2 Å². The number of halogens is 2. The Morgan fingerprint density at radius 1 is 0.971 bits per heavy atom. The molecule has 2 nitrogen and oxygen atoms in total. The van der Waals surface area contributed by atoms with E-state index in [0.717, 1.165) is 18.4 Å². The van der Waals surface area contributed by atoms with Crippen molar-refractivity contribution in [1.29, 1.82) is 0 Å². The average molecular weight is 501 g/mol. The van der Waals surface area contributed by atoms with E-state index in [2.05, 4.69) is 67.3 Å². The molecule has 1 aromatic carbocycles. The first-order valence-corrected chi connectivity index (χ1v) is 18.9. The van der Waals surface area contributed by atoms with E-state index < -0.39 is 28.5 Å². The molecule has 0 unspecified atom stereocenters. The maximum absolute atomic E-state index is 14.2. The molecule has 0 saturated heterocycles. The normalized spacial score (nSPS) is 10.9. The molecule has 0 spiro atoms. The van der Waals surface area contributed by atoms with Crippen molar-refractivity contribution >= 4 is 16.9 Å². The van der Waals surface area contributed by atoms with Gasteiger partial charge in [-0.15, -0.1) is 17.7 Å². The van der Waals surface area contributed by atoms with Crippen molar-refractivity contribution in [3.05, 3.63) is 59.9 Å². The van der Waals surface area contributed by atoms with Crippen LogP contribution < -0.4 is 0 Å². The molecule has 6 heteroatoms. The van der Waals surface area contributed by atoms with Crippen LogP contribution in [0.25, 0.3) is 11.4 Å². The van der Waals surface area contributed by atoms with Gasteiger partial charge in [-0.3, -0.25) is 0 Å². The van der Waals surface area contributed by atoms with Gasteiger partial charge in [-0.2, -0.15) is 0 Å². The molecule has 0 saturated carbocycles. The third kappa shape index (κ3) is 11.8. The molecular formula is C28H42F2N2Si2. The van der Waals surface area contributed by atoms with E-state index in [4.69, 9.17) is 0 Å². The molecule has 0 bridgehead atoms. The highest BCUT2D eigenvalue weighted by atomic mass is 28.3. The van der Waals surface area contributed by atoms with Crippen LogP contribution in [0.2, 0.25) is 32.7 Å². The Hall–Kier alpha value is -2.11. The maximum atomic E-state index is 14.2. The summed E-state index contributed by atoms with van der Waals surface area (Å²) in [5.74, 6) is -1.53. The van der Waals surface area contributed by atoms with Crippen molar-refractivity contribution in [2.75, 3.05) is 0 Å². The second-order valence-electron chi connectivity index (χ2n) is 10.00. The Kier molecular flexibility index (Phi) is 13.8. The highest BCUT2D eigenvalue weighted by molar-refractivity contribution is 6.85. The van der Waals surface area contributed by atoms with E-state index in [-0.39, 0.29) is 17.0 Å². The molecule has 1 aromatic heterocycles. The lowest BCUT2D eigenvalue weighted by Gasteiger charge is -2.07. The number of nitrogens with zero attached hydrogens (tertiary/aromatic N) is 2. The standard InChI is InChI=1S/C21H26F2N2.C7H16Si2/c1-3-5-6-7-8-9-11-16-14-24-21(25-15-16)18-13-12-17(10-4-2)19(22)20(18)23;1-8(2)6-7-9(3,4)5/h4,12-15H,2-3,5-11H2,1H3;8H,1-5H3. The molecule has 0 fully saturated rings. The Labute approximate surface area is 209 Å². The molecule has 0 aliphatic carbocycles. The monoisotopic (exact) mass is 500 g/mol. The summed E-state index contributed by atoms with van der Waals surface area (Å²) >= 11 is 0. The second kappa shape index (κ2) is 15.7. The van der Waals surface area contributed by atoms with Gasteiger partial charge in [0, 0.05) is 12.4 Å². The molecule has 2 aromatic rings. The fraction of sp³-hybridized carbons (Fsp3) is 0.500. The lowest BCUT2D eigenvalue weighted by molar-refractivity contribution is 0.503. The zero-order chi connectivity index (χ0) is 25.6. The molecule has 0 N–H and O–H groups in total. The van der Waals surface area contributed by atoms with Crippen LogP contribution in [0.5, 0.6) is 0 Å². The first kappa shape index (κ1) is 29.9. The van der Waals surface area contributed by atoms with E-state index in [9.17, 15) is 8.78 Å². The lowest BCUT2D eigenvalue weighted by atomic mass is 10.1. The van der Waals surface area contributed by atoms with Gasteiger partial charge in [0.15, 0.2) is 17.5 Å². The molecule has 0 aliphatic rings. The largest absolute Gasteiger partial charge is 0.236 e.